The first-order chi connectivity index (χ1) is 15.7. The van der Waals surface area contributed by atoms with E-state index in [-0.39, 0.29) is 16.2 Å². The second-order valence-electron chi connectivity index (χ2n) is 7.25. The van der Waals surface area contributed by atoms with E-state index in [0.717, 1.165) is 0 Å². The molecular weight excluding hydrogens is 450 g/mol. The summed E-state index contributed by atoms with van der Waals surface area (Å²) >= 11 is 0. The van der Waals surface area contributed by atoms with Crippen molar-refractivity contribution in [3.05, 3.63) is 29.8 Å². The quantitative estimate of drug-likeness (QED) is 0.356. The monoisotopic (exact) mass is 477 g/mol. The Morgan fingerprint density at radius 1 is 0.879 bits per heavy atom. The van der Waals surface area contributed by atoms with Crippen LogP contribution in [0.4, 0.5) is 0 Å². The molecular formula is C23H27NO8S. The lowest BCUT2D eigenvalue weighted by atomic mass is 9.95. The van der Waals surface area contributed by atoms with Crippen molar-refractivity contribution in [2.45, 2.75) is 24.7 Å². The molecule has 0 aliphatic carbocycles. The number of methoxy groups -OCH3 is 4. The lowest BCUT2D eigenvalue weighted by molar-refractivity contribution is -0.120. The van der Waals surface area contributed by atoms with Gasteiger partial charge in [-0.3, -0.25) is 9.35 Å². The lowest BCUT2D eigenvalue weighted by Gasteiger charge is -2.19. The molecule has 0 spiro atoms. The third-order valence-electron chi connectivity index (χ3n) is 5.44. The van der Waals surface area contributed by atoms with Crippen molar-refractivity contribution >= 4 is 37.6 Å². The van der Waals surface area contributed by atoms with Gasteiger partial charge in [0.25, 0.3) is 10.1 Å². The van der Waals surface area contributed by atoms with Crippen LogP contribution in [0, 0.1) is 0 Å². The van der Waals surface area contributed by atoms with E-state index in [1.54, 1.807) is 19.1 Å². The largest absolute Gasteiger partial charge is 0.493 e. The van der Waals surface area contributed by atoms with Gasteiger partial charge in [-0.15, -0.1) is 0 Å². The van der Waals surface area contributed by atoms with Crippen LogP contribution in [0.15, 0.2) is 29.2 Å². The van der Waals surface area contributed by atoms with E-state index in [0.29, 0.717) is 64.1 Å². The van der Waals surface area contributed by atoms with Gasteiger partial charge in [-0.2, -0.15) is 8.42 Å². The number of nitrogens with one attached hydrogen (secondary N) is 1. The second kappa shape index (κ2) is 9.72. The molecule has 10 heteroatoms. The van der Waals surface area contributed by atoms with Crippen LogP contribution in [-0.2, 0) is 21.3 Å². The summed E-state index contributed by atoms with van der Waals surface area (Å²) in [5.74, 6) is 1.42. The Kier molecular flexibility index (Phi) is 7.19. The first-order valence-corrected chi connectivity index (χ1v) is 11.6. The molecule has 0 saturated heterocycles. The number of amides is 1. The highest BCUT2D eigenvalue weighted by molar-refractivity contribution is 7.86. The van der Waals surface area contributed by atoms with Crippen molar-refractivity contribution in [1.82, 2.24) is 5.32 Å². The maximum Gasteiger partial charge on any atom is 0.295 e. The molecule has 9 nitrogen and oxygen atoms in total. The fraction of sp³-hybridized carbons (Fsp3) is 0.348. The average Bonchev–Trinajstić information content (AvgIpc) is 2.80. The molecule has 0 atom stereocenters. The molecule has 0 aromatic heterocycles. The Bertz CT molecular complexity index is 1320. The van der Waals surface area contributed by atoms with E-state index in [1.165, 1.54) is 40.6 Å². The maximum atomic E-state index is 12.3. The van der Waals surface area contributed by atoms with Gasteiger partial charge in [0.15, 0.2) is 23.0 Å². The molecule has 33 heavy (non-hydrogen) atoms. The molecule has 3 aromatic rings. The Morgan fingerprint density at radius 3 is 2.00 bits per heavy atom. The Morgan fingerprint density at radius 2 is 1.48 bits per heavy atom. The number of hydrogen-bond acceptors (Lipinski definition) is 7. The van der Waals surface area contributed by atoms with Gasteiger partial charge in [-0.25, -0.2) is 0 Å². The van der Waals surface area contributed by atoms with E-state index in [4.69, 9.17) is 18.9 Å². The molecule has 0 unspecified atom stereocenters. The molecule has 0 radical (unpaired) electrons. The van der Waals surface area contributed by atoms with Gasteiger partial charge in [-0.1, -0.05) is 6.92 Å². The minimum absolute atomic E-state index is 0.0966. The minimum Gasteiger partial charge on any atom is -0.493 e. The van der Waals surface area contributed by atoms with Gasteiger partial charge >= 0.3 is 0 Å². The summed E-state index contributed by atoms with van der Waals surface area (Å²) in [7, 11) is 1.30. The van der Waals surface area contributed by atoms with Crippen LogP contribution in [-0.4, -0.2) is 53.9 Å². The molecule has 0 fully saturated rings. The molecule has 0 aliphatic rings. The van der Waals surface area contributed by atoms with E-state index < -0.39 is 10.1 Å². The summed E-state index contributed by atoms with van der Waals surface area (Å²) in [4.78, 5) is 11.4. The molecule has 0 bridgehead atoms. The number of fused-ring (bicyclic) bond motifs is 3. The van der Waals surface area contributed by atoms with Crippen molar-refractivity contribution in [3.63, 3.8) is 0 Å². The predicted octanol–water partition coefficient (Wildman–Crippen LogP) is 3.34. The molecule has 178 valence electrons. The van der Waals surface area contributed by atoms with E-state index in [1.807, 2.05) is 0 Å². The van der Waals surface area contributed by atoms with Crippen LogP contribution in [0.1, 0.15) is 18.9 Å². The summed E-state index contributed by atoms with van der Waals surface area (Å²) in [5, 5.41) is 4.63. The van der Waals surface area contributed by atoms with E-state index in [9.17, 15) is 17.8 Å². The van der Waals surface area contributed by atoms with Crippen LogP contribution in [0.5, 0.6) is 23.0 Å². The fourth-order valence-corrected chi connectivity index (χ4v) is 4.59. The zero-order valence-corrected chi connectivity index (χ0v) is 20.0. The second-order valence-corrected chi connectivity index (χ2v) is 8.64. The number of hydrogen-bond donors (Lipinski definition) is 2. The van der Waals surface area contributed by atoms with Crippen molar-refractivity contribution in [3.8, 4) is 23.0 Å². The van der Waals surface area contributed by atoms with Crippen LogP contribution < -0.4 is 24.3 Å². The smallest absolute Gasteiger partial charge is 0.295 e. The number of carbonyl (C=O) groups excluding carboxylic acids is 1. The van der Waals surface area contributed by atoms with Gasteiger partial charge < -0.3 is 24.3 Å². The summed E-state index contributed by atoms with van der Waals surface area (Å²) in [5.41, 5.74) is 0.709. The number of ether oxygens (including phenoxy) is 4. The van der Waals surface area contributed by atoms with E-state index in [2.05, 4.69) is 5.32 Å². The summed E-state index contributed by atoms with van der Waals surface area (Å²) in [6.07, 6.45) is 0.748. The number of benzene rings is 3. The normalized spacial score (nSPS) is 11.5. The van der Waals surface area contributed by atoms with Gasteiger partial charge in [-0.05, 0) is 47.0 Å². The van der Waals surface area contributed by atoms with Crippen LogP contribution in [0.3, 0.4) is 0 Å². The summed E-state index contributed by atoms with van der Waals surface area (Å²) in [6, 6.07) is 6.27. The first kappa shape index (κ1) is 24.4. The average molecular weight is 478 g/mol. The fourth-order valence-electron chi connectivity index (χ4n) is 3.87. The highest BCUT2D eigenvalue weighted by Crippen LogP contribution is 2.46. The van der Waals surface area contributed by atoms with Crippen molar-refractivity contribution in [2.75, 3.05) is 35.0 Å². The van der Waals surface area contributed by atoms with Crippen molar-refractivity contribution < 1.29 is 36.7 Å². The molecule has 3 rings (SSSR count). The lowest BCUT2D eigenvalue weighted by Crippen LogP contribution is -2.24. The van der Waals surface area contributed by atoms with Crippen LogP contribution in [0.25, 0.3) is 21.5 Å². The topological polar surface area (TPSA) is 120 Å². The molecule has 1 amide bonds. The molecule has 2 N–H and O–H groups in total. The molecule has 3 aromatic carbocycles. The third kappa shape index (κ3) is 4.62. The molecule has 0 aliphatic heterocycles. The van der Waals surface area contributed by atoms with Crippen LogP contribution in [0.2, 0.25) is 0 Å². The highest BCUT2D eigenvalue weighted by atomic mass is 32.2. The predicted molar refractivity (Wildman–Crippen MR) is 124 cm³/mol. The van der Waals surface area contributed by atoms with Crippen molar-refractivity contribution in [1.29, 1.82) is 0 Å². The zero-order valence-electron chi connectivity index (χ0n) is 19.1. The summed E-state index contributed by atoms with van der Waals surface area (Å²) < 4.78 is 56.7. The number of carbonyl (C=O) groups is 1. The highest BCUT2D eigenvalue weighted by Gasteiger charge is 2.24. The van der Waals surface area contributed by atoms with Crippen LogP contribution >= 0.6 is 0 Å². The van der Waals surface area contributed by atoms with Gasteiger partial charge in [0, 0.05) is 23.7 Å². The Balaban J connectivity index is 2.47. The zero-order chi connectivity index (χ0) is 24.3. The Hall–Kier alpha value is -3.24. The van der Waals surface area contributed by atoms with Crippen molar-refractivity contribution in [2.24, 2.45) is 0 Å². The maximum absolute atomic E-state index is 12.3. The minimum atomic E-state index is -4.59. The molecule has 0 heterocycles. The number of rotatable bonds is 9. The standard InChI is InChI=1S/C23H27NO8S/c1-6-21(25)24-8-7-13-9-19(31-4)23(32-5)22-14(13)12-20(33(26,27)28)15-10-17(29-2)18(30-3)11-16(15)22/h9-12H,6-8H2,1-5H3,(H,24,25)(H,26,27,28). The third-order valence-corrected chi connectivity index (χ3v) is 6.34. The van der Waals surface area contributed by atoms with E-state index >= 15 is 0 Å². The van der Waals surface area contributed by atoms with Gasteiger partial charge in [0.1, 0.15) is 4.90 Å². The van der Waals surface area contributed by atoms with Gasteiger partial charge in [0.2, 0.25) is 5.91 Å². The SMILES string of the molecule is CCC(=O)NCCc1cc(OC)c(OC)c2c1cc(S(=O)(=O)O)c1cc(OC)c(OC)cc12. The summed E-state index contributed by atoms with van der Waals surface area (Å²) in [6.45, 7) is 2.09. The first-order valence-electron chi connectivity index (χ1n) is 10.2. The molecule has 0 saturated carbocycles. The van der Waals surface area contributed by atoms with Gasteiger partial charge in [0.05, 0.1) is 28.4 Å². The Labute approximate surface area is 192 Å².